The molecule has 136 valence electrons. The predicted molar refractivity (Wildman–Crippen MR) is 110 cm³/mol. The van der Waals surface area contributed by atoms with Gasteiger partial charge in [-0.15, -0.1) is 0 Å². The SMILES string of the molecule is CCC(C)C1=CC(NCC(=O)Cc2cccc(-c3ccsc3)c2)NC=C1. The van der Waals surface area contributed by atoms with Gasteiger partial charge in [0.25, 0.3) is 0 Å². The molecule has 0 saturated heterocycles. The summed E-state index contributed by atoms with van der Waals surface area (Å²) < 4.78 is 0. The van der Waals surface area contributed by atoms with Crippen LogP contribution in [-0.4, -0.2) is 18.5 Å². The average molecular weight is 367 g/mol. The van der Waals surface area contributed by atoms with Crippen molar-refractivity contribution in [1.82, 2.24) is 10.6 Å². The zero-order valence-electron chi connectivity index (χ0n) is 15.4. The molecule has 0 fully saturated rings. The highest BCUT2D eigenvalue weighted by atomic mass is 32.1. The summed E-state index contributed by atoms with van der Waals surface area (Å²) >= 11 is 1.69. The van der Waals surface area contributed by atoms with Gasteiger partial charge in [-0.1, -0.05) is 38.1 Å². The molecule has 2 aromatic rings. The van der Waals surface area contributed by atoms with Gasteiger partial charge in [0.2, 0.25) is 0 Å². The normalized spacial score (nSPS) is 17.5. The topological polar surface area (TPSA) is 41.1 Å². The van der Waals surface area contributed by atoms with Gasteiger partial charge in [0, 0.05) is 6.42 Å². The van der Waals surface area contributed by atoms with E-state index in [2.05, 4.69) is 65.6 Å². The first-order valence-corrected chi connectivity index (χ1v) is 10.1. The number of dihydropyridines is 1. The van der Waals surface area contributed by atoms with Crippen molar-refractivity contribution in [3.8, 4) is 11.1 Å². The molecule has 2 N–H and O–H groups in total. The molecule has 0 bridgehead atoms. The van der Waals surface area contributed by atoms with Gasteiger partial charge in [-0.2, -0.15) is 11.3 Å². The summed E-state index contributed by atoms with van der Waals surface area (Å²) in [5.41, 5.74) is 4.76. The van der Waals surface area contributed by atoms with Crippen LogP contribution in [-0.2, 0) is 11.2 Å². The van der Waals surface area contributed by atoms with Crippen molar-refractivity contribution in [1.29, 1.82) is 0 Å². The summed E-state index contributed by atoms with van der Waals surface area (Å²) in [6.07, 6.45) is 7.85. The van der Waals surface area contributed by atoms with Gasteiger partial charge < -0.3 is 5.32 Å². The van der Waals surface area contributed by atoms with E-state index < -0.39 is 0 Å². The van der Waals surface area contributed by atoms with Crippen LogP contribution in [0.15, 0.2) is 65.0 Å². The molecule has 1 aromatic heterocycles. The molecule has 2 atom stereocenters. The van der Waals surface area contributed by atoms with E-state index >= 15 is 0 Å². The number of thiophene rings is 1. The summed E-state index contributed by atoms with van der Waals surface area (Å²) in [6.45, 7) is 4.78. The zero-order valence-corrected chi connectivity index (χ0v) is 16.2. The van der Waals surface area contributed by atoms with E-state index in [1.807, 2.05) is 18.3 Å². The van der Waals surface area contributed by atoms with Gasteiger partial charge in [0.15, 0.2) is 5.78 Å². The van der Waals surface area contributed by atoms with Gasteiger partial charge in [-0.05, 0) is 69.8 Å². The molecule has 0 aliphatic carbocycles. The van der Waals surface area contributed by atoms with Gasteiger partial charge >= 0.3 is 0 Å². The number of hydrogen-bond acceptors (Lipinski definition) is 4. The average Bonchev–Trinajstić information content (AvgIpc) is 3.21. The molecular formula is C22H26N2OS. The van der Waals surface area contributed by atoms with Crippen molar-refractivity contribution in [3.63, 3.8) is 0 Å². The van der Waals surface area contributed by atoms with Crippen molar-refractivity contribution in [2.45, 2.75) is 32.9 Å². The van der Waals surface area contributed by atoms with Crippen LogP contribution in [0.2, 0.25) is 0 Å². The second-order valence-electron chi connectivity index (χ2n) is 6.76. The highest BCUT2D eigenvalue weighted by Crippen LogP contribution is 2.23. The molecule has 0 spiro atoms. The number of nitrogens with one attached hydrogen (secondary N) is 2. The summed E-state index contributed by atoms with van der Waals surface area (Å²) in [7, 11) is 0. The van der Waals surface area contributed by atoms with Crippen molar-refractivity contribution in [3.05, 3.63) is 70.6 Å². The Morgan fingerprint density at radius 1 is 1.31 bits per heavy atom. The summed E-state index contributed by atoms with van der Waals surface area (Å²) in [6, 6.07) is 10.4. The Morgan fingerprint density at radius 3 is 2.96 bits per heavy atom. The standard InChI is InChI=1S/C22H26N2OS/c1-3-16(2)18-7-9-23-22(13-18)24-14-21(25)12-17-5-4-6-19(11-17)20-8-10-26-15-20/h4-11,13,15-16,22-24H,3,12,14H2,1-2H3. The number of ketones is 1. The second-order valence-corrected chi connectivity index (χ2v) is 7.54. The van der Waals surface area contributed by atoms with Crippen LogP contribution in [0.5, 0.6) is 0 Å². The van der Waals surface area contributed by atoms with Crippen molar-refractivity contribution < 1.29 is 4.79 Å². The first-order valence-electron chi connectivity index (χ1n) is 9.16. The van der Waals surface area contributed by atoms with E-state index in [-0.39, 0.29) is 11.9 Å². The fourth-order valence-corrected chi connectivity index (χ4v) is 3.69. The van der Waals surface area contributed by atoms with E-state index in [4.69, 9.17) is 0 Å². The van der Waals surface area contributed by atoms with Gasteiger partial charge in [-0.3, -0.25) is 10.1 Å². The maximum absolute atomic E-state index is 12.4. The maximum atomic E-state index is 12.4. The van der Waals surface area contributed by atoms with E-state index in [0.717, 1.165) is 12.0 Å². The molecule has 1 aliphatic rings. The molecule has 2 unspecified atom stereocenters. The van der Waals surface area contributed by atoms with E-state index in [1.54, 1.807) is 11.3 Å². The molecular weight excluding hydrogens is 340 g/mol. The maximum Gasteiger partial charge on any atom is 0.151 e. The molecule has 0 saturated carbocycles. The quantitative estimate of drug-likeness (QED) is 0.721. The van der Waals surface area contributed by atoms with Crippen LogP contribution in [0.4, 0.5) is 0 Å². The highest BCUT2D eigenvalue weighted by Gasteiger charge is 2.13. The van der Waals surface area contributed by atoms with Gasteiger partial charge in [0.05, 0.1) is 12.7 Å². The van der Waals surface area contributed by atoms with E-state index in [1.165, 1.54) is 16.7 Å². The Morgan fingerprint density at radius 2 is 2.19 bits per heavy atom. The number of carbonyl (C=O) groups is 1. The highest BCUT2D eigenvalue weighted by molar-refractivity contribution is 7.08. The molecule has 2 heterocycles. The third-order valence-electron chi connectivity index (χ3n) is 4.79. The number of carbonyl (C=O) groups excluding carboxylic acids is 1. The fourth-order valence-electron chi connectivity index (χ4n) is 3.03. The Labute approximate surface area is 159 Å². The smallest absolute Gasteiger partial charge is 0.151 e. The molecule has 1 aliphatic heterocycles. The Hall–Kier alpha value is -2.17. The lowest BCUT2D eigenvalue weighted by molar-refractivity contribution is -0.117. The van der Waals surface area contributed by atoms with E-state index in [9.17, 15) is 4.79 Å². The van der Waals surface area contributed by atoms with Crippen LogP contribution < -0.4 is 10.6 Å². The molecule has 3 nitrogen and oxygen atoms in total. The first-order chi connectivity index (χ1) is 12.7. The van der Waals surface area contributed by atoms with Crippen molar-refractivity contribution >= 4 is 17.1 Å². The van der Waals surface area contributed by atoms with Crippen LogP contribution in [0.25, 0.3) is 11.1 Å². The molecule has 1 aromatic carbocycles. The molecule has 3 rings (SSSR count). The monoisotopic (exact) mass is 366 g/mol. The first kappa shape index (κ1) is 18.6. The van der Waals surface area contributed by atoms with Crippen molar-refractivity contribution in [2.75, 3.05) is 6.54 Å². The Balaban J connectivity index is 1.54. The number of benzene rings is 1. The van der Waals surface area contributed by atoms with Crippen LogP contribution in [0, 0.1) is 5.92 Å². The lowest BCUT2D eigenvalue weighted by atomic mass is 9.96. The predicted octanol–water partition coefficient (Wildman–Crippen LogP) is 4.53. The third kappa shape index (κ3) is 4.93. The molecule has 26 heavy (non-hydrogen) atoms. The van der Waals surface area contributed by atoms with Gasteiger partial charge in [0.1, 0.15) is 0 Å². The minimum Gasteiger partial charge on any atom is -0.372 e. The zero-order chi connectivity index (χ0) is 18.4. The summed E-state index contributed by atoms with van der Waals surface area (Å²) in [5, 5.41) is 10.8. The van der Waals surface area contributed by atoms with Crippen LogP contribution in [0.1, 0.15) is 25.8 Å². The molecule has 0 radical (unpaired) electrons. The second kappa shape index (κ2) is 8.97. The lowest BCUT2D eigenvalue weighted by Crippen LogP contribution is -2.42. The van der Waals surface area contributed by atoms with Gasteiger partial charge in [-0.25, -0.2) is 0 Å². The third-order valence-corrected chi connectivity index (χ3v) is 5.48. The Kier molecular flexibility index (Phi) is 6.42. The van der Waals surface area contributed by atoms with Crippen molar-refractivity contribution in [2.24, 2.45) is 5.92 Å². The largest absolute Gasteiger partial charge is 0.372 e. The molecule has 4 heteroatoms. The summed E-state index contributed by atoms with van der Waals surface area (Å²) in [4.78, 5) is 12.4. The number of hydrogen-bond donors (Lipinski definition) is 2. The number of allylic oxidation sites excluding steroid dienone is 2. The van der Waals surface area contributed by atoms with Crippen LogP contribution >= 0.6 is 11.3 Å². The minimum absolute atomic E-state index is 0.0186. The number of Topliss-reactive ketones (excluding diaryl/α,β-unsaturated/α-hetero) is 1. The lowest BCUT2D eigenvalue weighted by Gasteiger charge is -2.22. The molecule has 0 amide bonds. The Bertz CT molecular complexity index is 792. The summed E-state index contributed by atoms with van der Waals surface area (Å²) in [5.74, 6) is 0.732. The minimum atomic E-state index is 0.0186. The number of rotatable bonds is 8. The fraction of sp³-hybridized carbons (Fsp3) is 0.318. The van der Waals surface area contributed by atoms with Crippen LogP contribution in [0.3, 0.4) is 0 Å². The van der Waals surface area contributed by atoms with E-state index in [0.29, 0.717) is 18.9 Å².